The van der Waals surface area contributed by atoms with Gasteiger partial charge in [0.2, 0.25) is 0 Å². The van der Waals surface area contributed by atoms with Crippen molar-refractivity contribution in [3.63, 3.8) is 0 Å². The van der Waals surface area contributed by atoms with Crippen molar-refractivity contribution < 1.29 is 18.7 Å². The molecule has 0 aliphatic carbocycles. The minimum absolute atomic E-state index is 0.0374. The van der Waals surface area contributed by atoms with Crippen LogP contribution in [0.25, 0.3) is 0 Å². The van der Waals surface area contributed by atoms with Gasteiger partial charge in [0.05, 0.1) is 6.61 Å². The van der Waals surface area contributed by atoms with E-state index in [1.165, 1.54) is 24.3 Å². The molecule has 0 bridgehead atoms. The van der Waals surface area contributed by atoms with Crippen LogP contribution in [0.1, 0.15) is 55.8 Å². The van der Waals surface area contributed by atoms with Crippen LogP contribution in [-0.4, -0.2) is 18.4 Å². The zero-order chi connectivity index (χ0) is 14.8. The highest BCUT2D eigenvalue weighted by Gasteiger charge is 2.06. The molecule has 1 rings (SSSR count). The van der Waals surface area contributed by atoms with Crippen molar-refractivity contribution in [1.82, 2.24) is 0 Å². The largest absolute Gasteiger partial charge is 0.466 e. The van der Waals surface area contributed by atoms with E-state index in [2.05, 4.69) is 0 Å². The summed E-state index contributed by atoms with van der Waals surface area (Å²) >= 11 is 0. The quantitative estimate of drug-likeness (QED) is 0.391. The second-order valence-corrected chi connectivity index (χ2v) is 4.65. The van der Waals surface area contributed by atoms with E-state index in [-0.39, 0.29) is 17.6 Å². The third-order valence-electron chi connectivity index (χ3n) is 3.01. The molecule has 1 aromatic carbocycles. The molecule has 0 aliphatic heterocycles. The molecular formula is C16H21FO3. The highest BCUT2D eigenvalue weighted by molar-refractivity contribution is 5.95. The van der Waals surface area contributed by atoms with Gasteiger partial charge in [-0.3, -0.25) is 9.59 Å². The summed E-state index contributed by atoms with van der Waals surface area (Å²) in [5.41, 5.74) is 0.554. The maximum absolute atomic E-state index is 12.7. The first-order valence-corrected chi connectivity index (χ1v) is 7.08. The van der Waals surface area contributed by atoms with Gasteiger partial charge in [-0.2, -0.15) is 0 Å². The molecule has 0 heterocycles. The van der Waals surface area contributed by atoms with Gasteiger partial charge in [0.25, 0.3) is 0 Å². The molecule has 0 amide bonds. The topological polar surface area (TPSA) is 43.4 Å². The first-order chi connectivity index (χ1) is 9.63. The number of carbonyl (C=O) groups is 2. The third kappa shape index (κ3) is 6.45. The molecule has 0 fully saturated rings. The van der Waals surface area contributed by atoms with Crippen molar-refractivity contribution in [2.45, 2.75) is 45.4 Å². The molecule has 1 aromatic rings. The summed E-state index contributed by atoms with van der Waals surface area (Å²) in [7, 11) is 0. The van der Waals surface area contributed by atoms with Crippen LogP contribution in [0.5, 0.6) is 0 Å². The Kier molecular flexibility index (Phi) is 7.55. The average molecular weight is 280 g/mol. The predicted molar refractivity (Wildman–Crippen MR) is 75.1 cm³/mol. The first kappa shape index (κ1) is 16.3. The minimum atomic E-state index is -0.333. The van der Waals surface area contributed by atoms with E-state index in [0.717, 1.165) is 25.7 Å². The highest BCUT2D eigenvalue weighted by Crippen LogP contribution is 2.11. The number of ether oxygens (including phenoxy) is 1. The van der Waals surface area contributed by atoms with Gasteiger partial charge >= 0.3 is 5.97 Å². The van der Waals surface area contributed by atoms with Gasteiger partial charge in [-0.05, 0) is 44.0 Å². The first-order valence-electron chi connectivity index (χ1n) is 7.08. The Morgan fingerprint density at radius 1 is 1.00 bits per heavy atom. The molecule has 0 radical (unpaired) electrons. The van der Waals surface area contributed by atoms with Crippen LogP contribution >= 0.6 is 0 Å². The summed E-state index contributed by atoms with van der Waals surface area (Å²) in [6, 6.07) is 5.62. The molecule has 0 atom stereocenters. The van der Waals surface area contributed by atoms with Crippen molar-refractivity contribution in [1.29, 1.82) is 0 Å². The van der Waals surface area contributed by atoms with E-state index >= 15 is 0 Å². The van der Waals surface area contributed by atoms with Gasteiger partial charge in [0.15, 0.2) is 5.78 Å². The smallest absolute Gasteiger partial charge is 0.305 e. The van der Waals surface area contributed by atoms with Crippen molar-refractivity contribution >= 4 is 11.8 Å². The normalized spacial score (nSPS) is 10.3. The molecule has 0 saturated carbocycles. The predicted octanol–water partition coefficient (Wildman–Crippen LogP) is 3.91. The summed E-state index contributed by atoms with van der Waals surface area (Å²) in [6.07, 6.45) is 4.31. The number of carbonyl (C=O) groups excluding carboxylic acids is 2. The molecule has 110 valence electrons. The van der Waals surface area contributed by atoms with Gasteiger partial charge in [-0.15, -0.1) is 0 Å². The van der Waals surface area contributed by atoms with Gasteiger partial charge < -0.3 is 4.74 Å². The number of halogens is 1. The van der Waals surface area contributed by atoms with Crippen LogP contribution in [0.15, 0.2) is 24.3 Å². The van der Waals surface area contributed by atoms with E-state index in [0.29, 0.717) is 25.0 Å². The maximum Gasteiger partial charge on any atom is 0.305 e. The summed E-state index contributed by atoms with van der Waals surface area (Å²) in [5, 5.41) is 0. The van der Waals surface area contributed by atoms with Crippen LogP contribution in [0.4, 0.5) is 4.39 Å². The Hall–Kier alpha value is -1.71. The van der Waals surface area contributed by atoms with Gasteiger partial charge in [-0.25, -0.2) is 4.39 Å². The zero-order valence-electron chi connectivity index (χ0n) is 11.9. The number of benzene rings is 1. The molecule has 0 saturated heterocycles. The molecule has 0 spiro atoms. The second-order valence-electron chi connectivity index (χ2n) is 4.65. The minimum Gasteiger partial charge on any atom is -0.466 e. The van der Waals surface area contributed by atoms with Crippen molar-refractivity contribution in [3.05, 3.63) is 35.6 Å². The lowest BCUT2D eigenvalue weighted by Gasteiger charge is -2.03. The van der Waals surface area contributed by atoms with Crippen LogP contribution in [0.3, 0.4) is 0 Å². The van der Waals surface area contributed by atoms with E-state index < -0.39 is 0 Å². The number of unbranched alkanes of at least 4 members (excludes halogenated alkanes) is 3. The van der Waals surface area contributed by atoms with E-state index in [4.69, 9.17) is 4.74 Å². The Morgan fingerprint density at radius 3 is 2.20 bits per heavy atom. The molecule has 20 heavy (non-hydrogen) atoms. The number of ketones is 1. The number of hydrogen-bond acceptors (Lipinski definition) is 3. The fraction of sp³-hybridized carbons (Fsp3) is 0.500. The molecular weight excluding hydrogens is 259 g/mol. The lowest BCUT2D eigenvalue weighted by atomic mass is 10.0. The fourth-order valence-corrected chi connectivity index (χ4v) is 1.92. The lowest BCUT2D eigenvalue weighted by molar-refractivity contribution is -0.143. The molecule has 4 heteroatoms. The van der Waals surface area contributed by atoms with E-state index in [1.54, 1.807) is 6.92 Å². The fourth-order valence-electron chi connectivity index (χ4n) is 1.92. The summed E-state index contributed by atoms with van der Waals surface area (Å²) in [5.74, 6) is -0.453. The zero-order valence-corrected chi connectivity index (χ0v) is 11.9. The summed E-state index contributed by atoms with van der Waals surface area (Å²) in [6.45, 7) is 2.21. The maximum atomic E-state index is 12.7. The van der Waals surface area contributed by atoms with Crippen molar-refractivity contribution in [3.8, 4) is 0 Å². The Morgan fingerprint density at radius 2 is 1.60 bits per heavy atom. The monoisotopic (exact) mass is 280 g/mol. The summed E-state index contributed by atoms with van der Waals surface area (Å²) in [4.78, 5) is 22.9. The number of esters is 1. The molecule has 0 N–H and O–H groups in total. The Balaban J connectivity index is 2.10. The van der Waals surface area contributed by atoms with Crippen LogP contribution in [0.2, 0.25) is 0 Å². The number of rotatable bonds is 9. The second kappa shape index (κ2) is 9.23. The molecule has 0 aromatic heterocycles. The summed E-state index contributed by atoms with van der Waals surface area (Å²) < 4.78 is 17.5. The number of Topliss-reactive ketones (excluding diaryl/α,β-unsaturated/α-hetero) is 1. The van der Waals surface area contributed by atoms with Crippen molar-refractivity contribution in [2.75, 3.05) is 6.61 Å². The number of hydrogen-bond donors (Lipinski definition) is 0. The lowest BCUT2D eigenvalue weighted by Crippen LogP contribution is -2.03. The third-order valence-corrected chi connectivity index (χ3v) is 3.01. The van der Waals surface area contributed by atoms with E-state index in [9.17, 15) is 14.0 Å². The Labute approximate surface area is 119 Å². The average Bonchev–Trinajstić information content (AvgIpc) is 2.43. The SMILES string of the molecule is CCOC(=O)CCCCCCC(=O)c1ccc(F)cc1. The van der Waals surface area contributed by atoms with Crippen LogP contribution in [0, 0.1) is 5.82 Å². The van der Waals surface area contributed by atoms with Gasteiger partial charge in [-0.1, -0.05) is 12.8 Å². The molecule has 0 aliphatic rings. The van der Waals surface area contributed by atoms with E-state index in [1.807, 2.05) is 0 Å². The molecule has 3 nitrogen and oxygen atoms in total. The molecule has 0 unspecified atom stereocenters. The van der Waals surface area contributed by atoms with Crippen molar-refractivity contribution in [2.24, 2.45) is 0 Å². The van der Waals surface area contributed by atoms with Gasteiger partial charge in [0.1, 0.15) is 5.82 Å². The van der Waals surface area contributed by atoms with Crippen LogP contribution < -0.4 is 0 Å². The van der Waals surface area contributed by atoms with Gasteiger partial charge in [0, 0.05) is 18.4 Å². The standard InChI is InChI=1S/C16H21FO3/c1-2-20-16(19)8-6-4-3-5-7-15(18)13-9-11-14(17)12-10-13/h9-12H,2-8H2,1H3. The highest BCUT2D eigenvalue weighted by atomic mass is 19.1. The van der Waals surface area contributed by atoms with Crippen LogP contribution in [-0.2, 0) is 9.53 Å². The Bertz CT molecular complexity index is 426.